The molecule has 2 aromatic rings. The van der Waals surface area contributed by atoms with Gasteiger partial charge >= 0.3 is 6.03 Å². The number of aryl methyl sites for hydroxylation is 1. The summed E-state index contributed by atoms with van der Waals surface area (Å²) in [6, 6.07) is 8.61. The molecule has 4 rings (SSSR count). The van der Waals surface area contributed by atoms with Crippen LogP contribution in [0.15, 0.2) is 49.1 Å². The van der Waals surface area contributed by atoms with Gasteiger partial charge in [0.15, 0.2) is 0 Å². The van der Waals surface area contributed by atoms with Crippen LogP contribution in [-0.4, -0.2) is 63.5 Å². The number of carbonyl (C=O) groups is 2. The topological polar surface area (TPSA) is 61.7 Å². The van der Waals surface area contributed by atoms with Crippen LogP contribution in [0, 0.1) is 0 Å². The van der Waals surface area contributed by atoms with Crippen LogP contribution in [0.2, 0.25) is 0 Å². The molecule has 0 N–H and O–H groups in total. The van der Waals surface area contributed by atoms with Crippen LogP contribution >= 0.6 is 0 Å². The predicted molar refractivity (Wildman–Crippen MR) is 93.1 cm³/mol. The highest BCUT2D eigenvalue weighted by Gasteiger charge is 2.48. The third kappa shape index (κ3) is 3.02. The fourth-order valence-corrected chi connectivity index (χ4v) is 3.57. The summed E-state index contributed by atoms with van der Waals surface area (Å²) < 4.78 is 2.05. The van der Waals surface area contributed by atoms with Crippen molar-refractivity contribution in [2.24, 2.45) is 0 Å². The molecule has 0 saturated carbocycles. The molecule has 2 fully saturated rings. The standard InChI is InChI=1S/C18H21N5O2/c24-17-16-13-20(8-4-9-21-10-7-19-14-21)11-12-22(16)18(25)23(17)15-5-2-1-3-6-15/h1-3,5-7,10,14,16H,4,8-9,11-13H2/t16-/m1/s1. The van der Waals surface area contributed by atoms with Gasteiger partial charge in [-0.15, -0.1) is 0 Å². The number of fused-ring (bicyclic) bond motifs is 1. The van der Waals surface area contributed by atoms with E-state index in [9.17, 15) is 9.59 Å². The smallest absolute Gasteiger partial charge is 0.332 e. The number of aromatic nitrogens is 2. The molecule has 0 aliphatic carbocycles. The maximum atomic E-state index is 12.8. The van der Waals surface area contributed by atoms with Gasteiger partial charge in [-0.05, 0) is 18.6 Å². The number of benzene rings is 1. The van der Waals surface area contributed by atoms with Gasteiger partial charge in [-0.1, -0.05) is 18.2 Å². The summed E-state index contributed by atoms with van der Waals surface area (Å²) in [5.74, 6) is -0.115. The molecule has 1 aromatic heterocycles. The van der Waals surface area contributed by atoms with Crippen molar-refractivity contribution in [3.8, 4) is 0 Å². The summed E-state index contributed by atoms with van der Waals surface area (Å²) in [6.45, 7) is 3.84. The van der Waals surface area contributed by atoms with Crippen molar-refractivity contribution in [3.05, 3.63) is 49.1 Å². The van der Waals surface area contributed by atoms with Gasteiger partial charge in [0.25, 0.3) is 5.91 Å². The number of piperazine rings is 1. The lowest BCUT2D eigenvalue weighted by Crippen LogP contribution is -2.53. The molecule has 1 aromatic carbocycles. The lowest BCUT2D eigenvalue weighted by atomic mass is 10.1. The molecule has 0 unspecified atom stereocenters. The number of hydrogen-bond donors (Lipinski definition) is 0. The van der Waals surface area contributed by atoms with Gasteiger partial charge in [-0.2, -0.15) is 0 Å². The fourth-order valence-electron chi connectivity index (χ4n) is 3.57. The zero-order chi connectivity index (χ0) is 17.2. The van der Waals surface area contributed by atoms with E-state index in [1.165, 1.54) is 4.90 Å². The molecule has 1 atom stereocenters. The molecule has 3 amide bonds. The predicted octanol–water partition coefficient (Wildman–Crippen LogP) is 1.43. The van der Waals surface area contributed by atoms with E-state index < -0.39 is 0 Å². The van der Waals surface area contributed by atoms with E-state index in [-0.39, 0.29) is 18.0 Å². The Morgan fingerprint density at radius 3 is 2.68 bits per heavy atom. The Kier molecular flexibility index (Phi) is 4.23. The molecule has 0 radical (unpaired) electrons. The molecule has 25 heavy (non-hydrogen) atoms. The first-order valence-electron chi connectivity index (χ1n) is 8.62. The number of hydrogen-bond acceptors (Lipinski definition) is 4. The molecular formula is C18H21N5O2. The van der Waals surface area contributed by atoms with Gasteiger partial charge in [-0.3, -0.25) is 9.69 Å². The highest BCUT2D eigenvalue weighted by atomic mass is 16.2. The zero-order valence-corrected chi connectivity index (χ0v) is 14.0. The summed E-state index contributed by atoms with van der Waals surface area (Å²) in [4.78, 5) is 34.8. The Hall–Kier alpha value is -2.67. The number of imide groups is 1. The number of imidazole rings is 1. The minimum atomic E-state index is -0.366. The van der Waals surface area contributed by atoms with Gasteiger partial charge in [0, 0.05) is 45.1 Å². The second kappa shape index (κ2) is 6.68. The van der Waals surface area contributed by atoms with Crippen LogP contribution in [0.25, 0.3) is 0 Å². The highest BCUT2D eigenvalue weighted by Crippen LogP contribution is 2.27. The Bertz CT molecular complexity index is 746. The average Bonchev–Trinajstić information content (AvgIpc) is 3.23. The second-order valence-electron chi connectivity index (χ2n) is 6.46. The van der Waals surface area contributed by atoms with Crippen LogP contribution in [0.3, 0.4) is 0 Å². The molecule has 2 aliphatic rings. The van der Waals surface area contributed by atoms with E-state index >= 15 is 0 Å². The number of carbonyl (C=O) groups excluding carboxylic acids is 2. The van der Waals surface area contributed by atoms with Gasteiger partial charge in [0.05, 0.1) is 12.0 Å². The van der Waals surface area contributed by atoms with E-state index in [0.717, 1.165) is 26.1 Å². The molecule has 3 heterocycles. The Morgan fingerprint density at radius 1 is 1.08 bits per heavy atom. The lowest BCUT2D eigenvalue weighted by Gasteiger charge is -2.35. The molecule has 7 heteroatoms. The number of amides is 3. The van der Waals surface area contributed by atoms with Gasteiger partial charge in [0.1, 0.15) is 6.04 Å². The van der Waals surface area contributed by atoms with Crippen molar-refractivity contribution in [3.63, 3.8) is 0 Å². The number of rotatable bonds is 5. The van der Waals surface area contributed by atoms with Gasteiger partial charge in [-0.25, -0.2) is 14.7 Å². The maximum Gasteiger partial charge on any atom is 0.332 e. The van der Waals surface area contributed by atoms with Crippen LogP contribution < -0.4 is 4.90 Å². The number of urea groups is 1. The number of para-hydroxylation sites is 1. The number of anilines is 1. The molecule has 2 aliphatic heterocycles. The second-order valence-corrected chi connectivity index (χ2v) is 6.46. The summed E-state index contributed by atoms with van der Waals surface area (Å²) in [5, 5.41) is 0. The third-order valence-electron chi connectivity index (χ3n) is 4.87. The first kappa shape index (κ1) is 15.8. The summed E-state index contributed by atoms with van der Waals surface area (Å²) in [6.07, 6.45) is 6.54. The quantitative estimate of drug-likeness (QED) is 0.773. The van der Waals surface area contributed by atoms with Gasteiger partial charge < -0.3 is 9.47 Å². The number of nitrogens with zero attached hydrogens (tertiary/aromatic N) is 5. The van der Waals surface area contributed by atoms with Crippen molar-refractivity contribution in [2.75, 3.05) is 31.1 Å². The van der Waals surface area contributed by atoms with Crippen molar-refractivity contribution < 1.29 is 9.59 Å². The third-order valence-corrected chi connectivity index (χ3v) is 4.87. The van der Waals surface area contributed by atoms with Crippen LogP contribution in [-0.2, 0) is 11.3 Å². The molecule has 0 bridgehead atoms. The summed E-state index contributed by atoms with van der Waals surface area (Å²) in [5.41, 5.74) is 0.651. The fraction of sp³-hybridized carbons (Fsp3) is 0.389. The van der Waals surface area contributed by atoms with Crippen molar-refractivity contribution in [2.45, 2.75) is 19.0 Å². The molecule has 2 saturated heterocycles. The molecule has 0 spiro atoms. The normalized spacial score (nSPS) is 21.0. The minimum Gasteiger partial charge on any atom is -0.337 e. The Labute approximate surface area is 146 Å². The van der Waals surface area contributed by atoms with Crippen molar-refractivity contribution in [1.82, 2.24) is 19.4 Å². The first-order valence-corrected chi connectivity index (χ1v) is 8.62. The van der Waals surface area contributed by atoms with Crippen LogP contribution in [0.5, 0.6) is 0 Å². The first-order chi connectivity index (χ1) is 12.2. The average molecular weight is 339 g/mol. The summed E-state index contributed by atoms with van der Waals surface area (Å²) >= 11 is 0. The largest absolute Gasteiger partial charge is 0.337 e. The van der Waals surface area contributed by atoms with E-state index in [1.54, 1.807) is 23.2 Å². The van der Waals surface area contributed by atoms with E-state index in [1.807, 2.05) is 30.7 Å². The SMILES string of the molecule is O=C1[C@H]2CN(CCCn3ccnc3)CCN2C(=O)N1c1ccccc1. The lowest BCUT2D eigenvalue weighted by molar-refractivity contribution is -0.121. The monoisotopic (exact) mass is 339 g/mol. The van der Waals surface area contributed by atoms with E-state index in [2.05, 4.69) is 14.5 Å². The molecule has 130 valence electrons. The molecular weight excluding hydrogens is 318 g/mol. The summed E-state index contributed by atoms with van der Waals surface area (Å²) in [7, 11) is 0. The van der Waals surface area contributed by atoms with Crippen molar-refractivity contribution >= 4 is 17.6 Å². The molecule has 7 nitrogen and oxygen atoms in total. The zero-order valence-electron chi connectivity index (χ0n) is 14.0. The van der Waals surface area contributed by atoms with Gasteiger partial charge in [0.2, 0.25) is 0 Å². The van der Waals surface area contributed by atoms with Crippen molar-refractivity contribution in [1.29, 1.82) is 0 Å². The highest BCUT2D eigenvalue weighted by molar-refractivity contribution is 6.21. The van der Waals surface area contributed by atoms with Crippen LogP contribution in [0.4, 0.5) is 10.5 Å². The Morgan fingerprint density at radius 2 is 1.92 bits per heavy atom. The van der Waals surface area contributed by atoms with Crippen LogP contribution in [0.1, 0.15) is 6.42 Å². The Balaban J connectivity index is 1.39. The van der Waals surface area contributed by atoms with E-state index in [0.29, 0.717) is 18.8 Å². The minimum absolute atomic E-state index is 0.115. The van der Waals surface area contributed by atoms with E-state index in [4.69, 9.17) is 0 Å². The maximum absolute atomic E-state index is 12.8.